The van der Waals surface area contributed by atoms with Gasteiger partial charge in [-0.1, -0.05) is 72.8 Å². The highest BCUT2D eigenvalue weighted by molar-refractivity contribution is 5.50. The second-order valence-corrected chi connectivity index (χ2v) is 4.99. The molecule has 0 fully saturated rings. The molecule has 1 aromatic heterocycles. The Morgan fingerprint density at radius 2 is 1.59 bits per heavy atom. The van der Waals surface area contributed by atoms with Gasteiger partial charge in [0.2, 0.25) is 0 Å². The van der Waals surface area contributed by atoms with Gasteiger partial charge >= 0.3 is 0 Å². The molecule has 3 rings (SSSR count). The molecule has 1 atom stereocenters. The Bertz CT molecular complexity index is 685. The molecule has 0 aliphatic rings. The lowest BCUT2D eigenvalue weighted by atomic mass is 10.1. The minimum absolute atomic E-state index is 0.105. The number of benzene rings is 2. The van der Waals surface area contributed by atoms with Gasteiger partial charge in [0.05, 0.1) is 6.26 Å². The SMILES string of the molecule is C(=C\C(OCc1ccco1)c1ccccc1)/c1ccccc1. The Morgan fingerprint density at radius 1 is 0.864 bits per heavy atom. The van der Waals surface area contributed by atoms with E-state index >= 15 is 0 Å². The maximum Gasteiger partial charge on any atom is 0.129 e. The number of furan rings is 1. The van der Waals surface area contributed by atoms with Crippen molar-refractivity contribution in [2.75, 3.05) is 0 Å². The summed E-state index contributed by atoms with van der Waals surface area (Å²) in [4.78, 5) is 0. The van der Waals surface area contributed by atoms with Gasteiger partial charge in [0, 0.05) is 0 Å². The highest BCUT2D eigenvalue weighted by Crippen LogP contribution is 2.22. The van der Waals surface area contributed by atoms with Crippen molar-refractivity contribution in [1.29, 1.82) is 0 Å². The van der Waals surface area contributed by atoms with Crippen molar-refractivity contribution in [3.63, 3.8) is 0 Å². The summed E-state index contributed by atoms with van der Waals surface area (Å²) in [5.41, 5.74) is 2.28. The first-order valence-electron chi connectivity index (χ1n) is 7.34. The molecule has 0 aliphatic carbocycles. The van der Waals surface area contributed by atoms with Gasteiger partial charge in [-0.2, -0.15) is 0 Å². The Labute approximate surface area is 130 Å². The normalized spacial score (nSPS) is 12.5. The summed E-state index contributed by atoms with van der Waals surface area (Å²) in [6.45, 7) is 0.450. The van der Waals surface area contributed by atoms with E-state index in [9.17, 15) is 0 Å². The van der Waals surface area contributed by atoms with Gasteiger partial charge in [0.15, 0.2) is 0 Å². The molecule has 1 unspecified atom stereocenters. The molecule has 0 saturated heterocycles. The number of rotatable bonds is 6. The lowest BCUT2D eigenvalue weighted by Crippen LogP contribution is -2.01. The summed E-state index contributed by atoms with van der Waals surface area (Å²) in [5.74, 6) is 0.828. The van der Waals surface area contributed by atoms with Crippen LogP contribution in [-0.2, 0) is 11.3 Å². The van der Waals surface area contributed by atoms with Crippen LogP contribution in [0.4, 0.5) is 0 Å². The summed E-state index contributed by atoms with van der Waals surface area (Å²) in [5, 5.41) is 0. The maximum absolute atomic E-state index is 6.01. The summed E-state index contributed by atoms with van der Waals surface area (Å²) < 4.78 is 11.3. The van der Waals surface area contributed by atoms with Crippen molar-refractivity contribution in [1.82, 2.24) is 0 Å². The Kier molecular flexibility index (Phi) is 4.85. The smallest absolute Gasteiger partial charge is 0.129 e. The predicted molar refractivity (Wildman–Crippen MR) is 88.2 cm³/mol. The molecule has 110 valence electrons. The first-order chi connectivity index (χ1) is 10.9. The summed E-state index contributed by atoms with van der Waals surface area (Å²) >= 11 is 0. The number of hydrogen-bond acceptors (Lipinski definition) is 2. The van der Waals surface area contributed by atoms with E-state index in [0.717, 1.165) is 16.9 Å². The van der Waals surface area contributed by atoms with Crippen LogP contribution in [0.25, 0.3) is 6.08 Å². The van der Waals surface area contributed by atoms with Crippen molar-refractivity contribution < 1.29 is 9.15 Å². The molecule has 1 heterocycles. The average molecular weight is 290 g/mol. The molecule has 0 N–H and O–H groups in total. The van der Waals surface area contributed by atoms with Gasteiger partial charge in [0.1, 0.15) is 18.5 Å². The van der Waals surface area contributed by atoms with Gasteiger partial charge in [-0.3, -0.25) is 0 Å². The largest absolute Gasteiger partial charge is 0.467 e. The van der Waals surface area contributed by atoms with Crippen molar-refractivity contribution in [2.24, 2.45) is 0 Å². The van der Waals surface area contributed by atoms with Gasteiger partial charge in [-0.15, -0.1) is 0 Å². The second kappa shape index (κ2) is 7.43. The molecule has 0 spiro atoms. The quantitative estimate of drug-likeness (QED) is 0.618. The standard InChI is InChI=1S/C20H18O2/c1-3-8-17(9-4-1)13-14-20(18-10-5-2-6-11-18)22-16-19-12-7-15-21-19/h1-15,20H,16H2/b14-13+. The summed E-state index contributed by atoms with van der Waals surface area (Å²) in [7, 11) is 0. The molecule has 0 aliphatic heterocycles. The van der Waals surface area contributed by atoms with E-state index in [1.807, 2.05) is 48.5 Å². The van der Waals surface area contributed by atoms with Crippen molar-refractivity contribution in [3.05, 3.63) is 102 Å². The topological polar surface area (TPSA) is 22.4 Å². The average Bonchev–Trinajstić information content (AvgIpc) is 3.10. The minimum atomic E-state index is -0.105. The van der Waals surface area contributed by atoms with Crippen LogP contribution in [0.15, 0.2) is 89.6 Å². The molecule has 0 radical (unpaired) electrons. The van der Waals surface area contributed by atoms with Gasteiger partial charge < -0.3 is 9.15 Å². The highest BCUT2D eigenvalue weighted by Gasteiger charge is 2.09. The van der Waals surface area contributed by atoms with Crippen LogP contribution in [0.2, 0.25) is 0 Å². The zero-order valence-electron chi connectivity index (χ0n) is 12.3. The third-order valence-electron chi connectivity index (χ3n) is 3.38. The molecule has 2 heteroatoms. The maximum atomic E-state index is 6.01. The van der Waals surface area contributed by atoms with Crippen LogP contribution in [0.3, 0.4) is 0 Å². The van der Waals surface area contributed by atoms with Gasteiger partial charge in [0.25, 0.3) is 0 Å². The fourth-order valence-electron chi connectivity index (χ4n) is 2.23. The molecule has 22 heavy (non-hydrogen) atoms. The first kappa shape index (κ1) is 14.4. The van der Waals surface area contributed by atoms with Gasteiger partial charge in [-0.05, 0) is 23.3 Å². The number of ether oxygens (including phenoxy) is 1. The van der Waals surface area contributed by atoms with E-state index in [2.05, 4.69) is 36.4 Å². The summed E-state index contributed by atoms with van der Waals surface area (Å²) in [6.07, 6.45) is 5.72. The van der Waals surface area contributed by atoms with E-state index in [-0.39, 0.29) is 6.10 Å². The van der Waals surface area contributed by atoms with Crippen molar-refractivity contribution in [3.8, 4) is 0 Å². The molecular formula is C20H18O2. The van der Waals surface area contributed by atoms with Crippen molar-refractivity contribution in [2.45, 2.75) is 12.7 Å². The lowest BCUT2D eigenvalue weighted by Gasteiger charge is -2.14. The lowest BCUT2D eigenvalue weighted by molar-refractivity contribution is 0.0606. The third kappa shape index (κ3) is 3.96. The Balaban J connectivity index is 1.75. The number of hydrogen-bond donors (Lipinski definition) is 0. The van der Waals surface area contributed by atoms with Gasteiger partial charge in [-0.25, -0.2) is 0 Å². The van der Waals surface area contributed by atoms with Crippen LogP contribution in [-0.4, -0.2) is 0 Å². The van der Waals surface area contributed by atoms with Crippen LogP contribution in [0.5, 0.6) is 0 Å². The molecular weight excluding hydrogens is 272 g/mol. The molecule has 0 amide bonds. The van der Waals surface area contributed by atoms with E-state index in [1.54, 1.807) is 6.26 Å². The molecule has 2 nitrogen and oxygen atoms in total. The van der Waals surface area contributed by atoms with Crippen LogP contribution < -0.4 is 0 Å². The fraction of sp³-hybridized carbons (Fsp3) is 0.100. The van der Waals surface area contributed by atoms with E-state index in [4.69, 9.17) is 9.15 Å². The van der Waals surface area contributed by atoms with Crippen LogP contribution in [0, 0.1) is 0 Å². The molecule has 0 saturated carbocycles. The molecule has 0 bridgehead atoms. The van der Waals surface area contributed by atoms with E-state index < -0.39 is 0 Å². The van der Waals surface area contributed by atoms with Crippen molar-refractivity contribution >= 4 is 6.08 Å². The minimum Gasteiger partial charge on any atom is -0.467 e. The van der Waals surface area contributed by atoms with Crippen LogP contribution in [0.1, 0.15) is 23.0 Å². The predicted octanol–water partition coefficient (Wildman–Crippen LogP) is 5.25. The third-order valence-corrected chi connectivity index (χ3v) is 3.38. The summed E-state index contributed by atoms with van der Waals surface area (Å²) in [6, 6.07) is 24.2. The fourth-order valence-corrected chi connectivity index (χ4v) is 2.23. The monoisotopic (exact) mass is 290 g/mol. The zero-order chi connectivity index (χ0) is 15.0. The molecule has 2 aromatic carbocycles. The van der Waals surface area contributed by atoms with E-state index in [1.165, 1.54) is 0 Å². The van der Waals surface area contributed by atoms with Crippen LogP contribution >= 0.6 is 0 Å². The highest BCUT2D eigenvalue weighted by atomic mass is 16.5. The Morgan fingerprint density at radius 3 is 2.27 bits per heavy atom. The Hall–Kier alpha value is -2.58. The second-order valence-electron chi connectivity index (χ2n) is 4.99. The van der Waals surface area contributed by atoms with E-state index in [0.29, 0.717) is 6.61 Å². The first-order valence-corrected chi connectivity index (χ1v) is 7.34. The molecule has 3 aromatic rings. The zero-order valence-corrected chi connectivity index (χ0v) is 12.3.